The molecule has 1 amide bonds. The lowest BCUT2D eigenvalue weighted by atomic mass is 10.1. The van der Waals surface area contributed by atoms with E-state index < -0.39 is 46.4 Å². The van der Waals surface area contributed by atoms with Crippen molar-refractivity contribution < 1.29 is 26.7 Å². The second-order valence-corrected chi connectivity index (χ2v) is 6.77. The summed E-state index contributed by atoms with van der Waals surface area (Å²) in [4.78, 5) is 11.9. The number of benzene rings is 2. The minimum Gasteiger partial charge on any atom is -0.335 e. The number of thioether (sulfide) groups is 1. The Morgan fingerprint density at radius 3 is 2.14 bits per heavy atom. The second kappa shape index (κ2) is 8.07. The zero-order chi connectivity index (χ0) is 21.3. The lowest BCUT2D eigenvalue weighted by Crippen LogP contribution is -2.19. The van der Waals surface area contributed by atoms with Gasteiger partial charge in [0.15, 0.2) is 29.1 Å². The molecule has 0 saturated heterocycles. The van der Waals surface area contributed by atoms with Gasteiger partial charge in [-0.1, -0.05) is 41.6 Å². The smallest absolute Gasteiger partial charge is 0.235 e. The van der Waals surface area contributed by atoms with Gasteiger partial charge in [-0.15, -0.1) is 10.2 Å². The number of anilines is 1. The van der Waals surface area contributed by atoms with E-state index in [1.807, 2.05) is 19.1 Å². The number of nitrogen functional groups attached to an aromatic ring is 1. The molecule has 0 aliphatic heterocycles. The van der Waals surface area contributed by atoms with Crippen molar-refractivity contribution in [1.82, 2.24) is 14.9 Å². The van der Waals surface area contributed by atoms with Crippen LogP contribution in [-0.4, -0.2) is 26.5 Å². The van der Waals surface area contributed by atoms with Gasteiger partial charge in [0.2, 0.25) is 16.9 Å². The minimum absolute atomic E-state index is 0.105. The summed E-state index contributed by atoms with van der Waals surface area (Å²) in [7, 11) is 0. The Bertz CT molecular complexity index is 1060. The molecular weight excluding hydrogens is 417 g/mol. The molecule has 0 unspecified atom stereocenters. The molecule has 12 heteroatoms. The topological polar surface area (TPSA) is 85.8 Å². The third kappa shape index (κ3) is 4.01. The Hall–Kier alpha value is -3.15. The lowest BCUT2D eigenvalue weighted by molar-refractivity contribution is -0.113. The molecule has 1 aromatic heterocycles. The van der Waals surface area contributed by atoms with Crippen LogP contribution in [-0.2, 0) is 4.79 Å². The SMILES string of the molecule is Cc1ccc(-c2nnc(SCC(=O)Nc3c(F)c(F)c(F)c(F)c3F)n2N)cc1. The van der Waals surface area contributed by atoms with Crippen LogP contribution in [0, 0.1) is 36.0 Å². The first-order chi connectivity index (χ1) is 13.7. The van der Waals surface area contributed by atoms with Crippen LogP contribution in [0.15, 0.2) is 29.4 Å². The van der Waals surface area contributed by atoms with Crippen molar-refractivity contribution >= 4 is 23.4 Å². The fourth-order valence-electron chi connectivity index (χ4n) is 2.30. The van der Waals surface area contributed by atoms with Crippen LogP contribution in [0.25, 0.3) is 11.4 Å². The van der Waals surface area contributed by atoms with Crippen LogP contribution in [0.3, 0.4) is 0 Å². The highest BCUT2D eigenvalue weighted by molar-refractivity contribution is 7.99. The minimum atomic E-state index is -2.31. The van der Waals surface area contributed by atoms with Crippen LogP contribution in [0.2, 0.25) is 0 Å². The zero-order valence-corrected chi connectivity index (χ0v) is 15.5. The Kier molecular flexibility index (Phi) is 5.73. The summed E-state index contributed by atoms with van der Waals surface area (Å²) in [5.74, 6) is -6.19. The van der Waals surface area contributed by atoms with Crippen molar-refractivity contribution in [3.05, 3.63) is 58.9 Å². The van der Waals surface area contributed by atoms with Crippen molar-refractivity contribution in [3.8, 4) is 11.4 Å². The fourth-order valence-corrected chi connectivity index (χ4v) is 2.95. The maximum absolute atomic E-state index is 13.6. The molecule has 1 heterocycles. The molecule has 0 radical (unpaired) electrons. The van der Waals surface area contributed by atoms with Gasteiger partial charge >= 0.3 is 0 Å². The number of amides is 1. The third-order valence-corrected chi connectivity index (χ3v) is 4.72. The van der Waals surface area contributed by atoms with Crippen molar-refractivity contribution in [2.24, 2.45) is 0 Å². The molecular formula is C17H12F5N5OS. The van der Waals surface area contributed by atoms with E-state index in [-0.39, 0.29) is 5.16 Å². The molecule has 2 aromatic carbocycles. The van der Waals surface area contributed by atoms with Gasteiger partial charge in [0.05, 0.1) is 5.75 Å². The summed E-state index contributed by atoms with van der Waals surface area (Å²) in [6, 6.07) is 7.22. The highest BCUT2D eigenvalue weighted by Gasteiger charge is 2.27. The number of nitrogens with one attached hydrogen (secondary N) is 1. The Labute approximate surface area is 164 Å². The van der Waals surface area contributed by atoms with E-state index in [1.54, 1.807) is 17.4 Å². The molecule has 6 nitrogen and oxygen atoms in total. The summed E-state index contributed by atoms with van der Waals surface area (Å²) in [6.07, 6.45) is 0. The highest BCUT2D eigenvalue weighted by atomic mass is 32.2. The van der Waals surface area contributed by atoms with E-state index in [2.05, 4.69) is 10.2 Å². The predicted molar refractivity (Wildman–Crippen MR) is 95.9 cm³/mol. The molecule has 29 heavy (non-hydrogen) atoms. The van der Waals surface area contributed by atoms with E-state index >= 15 is 0 Å². The largest absolute Gasteiger partial charge is 0.335 e. The summed E-state index contributed by atoms with van der Waals surface area (Å²) in [5.41, 5.74) is 0.265. The van der Waals surface area contributed by atoms with E-state index in [0.29, 0.717) is 11.4 Å². The van der Waals surface area contributed by atoms with Gasteiger partial charge in [0.25, 0.3) is 0 Å². The molecule has 3 aromatic rings. The normalized spacial score (nSPS) is 11.0. The first kappa shape index (κ1) is 20.6. The van der Waals surface area contributed by atoms with Crippen LogP contribution in [0.1, 0.15) is 5.56 Å². The molecule has 0 aliphatic carbocycles. The second-order valence-electron chi connectivity index (χ2n) is 5.82. The first-order valence-corrected chi connectivity index (χ1v) is 8.90. The lowest BCUT2D eigenvalue weighted by Gasteiger charge is -2.09. The van der Waals surface area contributed by atoms with Crippen LogP contribution in [0.4, 0.5) is 27.6 Å². The average Bonchev–Trinajstić information content (AvgIpc) is 3.07. The van der Waals surface area contributed by atoms with Gasteiger partial charge in [-0.2, -0.15) is 0 Å². The molecule has 3 N–H and O–H groups in total. The van der Waals surface area contributed by atoms with Gasteiger partial charge in [-0.25, -0.2) is 26.6 Å². The number of aryl methyl sites for hydroxylation is 1. The molecule has 0 saturated carbocycles. The third-order valence-electron chi connectivity index (χ3n) is 3.78. The molecule has 3 rings (SSSR count). The van der Waals surface area contributed by atoms with Crippen LogP contribution < -0.4 is 11.2 Å². The molecule has 152 valence electrons. The van der Waals surface area contributed by atoms with E-state index in [0.717, 1.165) is 22.0 Å². The van der Waals surface area contributed by atoms with Crippen molar-refractivity contribution in [3.63, 3.8) is 0 Å². The molecule has 0 bridgehead atoms. The van der Waals surface area contributed by atoms with E-state index in [1.165, 1.54) is 0 Å². The quantitative estimate of drug-likeness (QED) is 0.214. The number of carbonyl (C=O) groups excluding carboxylic acids is 1. The molecule has 0 fully saturated rings. The summed E-state index contributed by atoms with van der Waals surface area (Å²) >= 11 is 0.762. The number of nitrogens with zero attached hydrogens (tertiary/aromatic N) is 3. The van der Waals surface area contributed by atoms with Crippen molar-refractivity contribution in [2.75, 3.05) is 16.9 Å². The van der Waals surface area contributed by atoms with Gasteiger partial charge < -0.3 is 11.2 Å². The summed E-state index contributed by atoms with van der Waals surface area (Å²) in [6.45, 7) is 1.90. The summed E-state index contributed by atoms with van der Waals surface area (Å²) < 4.78 is 67.8. The zero-order valence-electron chi connectivity index (χ0n) is 14.6. The van der Waals surface area contributed by atoms with Crippen molar-refractivity contribution in [2.45, 2.75) is 12.1 Å². The van der Waals surface area contributed by atoms with Crippen LogP contribution in [0.5, 0.6) is 0 Å². The summed E-state index contributed by atoms with van der Waals surface area (Å²) in [5, 5.41) is 9.51. The Balaban J connectivity index is 1.72. The molecule has 0 atom stereocenters. The van der Waals surface area contributed by atoms with E-state index in [9.17, 15) is 26.7 Å². The van der Waals surface area contributed by atoms with Crippen molar-refractivity contribution in [1.29, 1.82) is 0 Å². The van der Waals surface area contributed by atoms with E-state index in [4.69, 9.17) is 5.84 Å². The first-order valence-electron chi connectivity index (χ1n) is 7.92. The van der Waals surface area contributed by atoms with Gasteiger partial charge in [-0.3, -0.25) is 4.79 Å². The number of hydrogen-bond donors (Lipinski definition) is 2. The maximum Gasteiger partial charge on any atom is 0.235 e. The molecule has 0 spiro atoms. The Morgan fingerprint density at radius 2 is 1.55 bits per heavy atom. The number of halogens is 5. The number of nitrogens with two attached hydrogens (primary N) is 1. The number of carbonyl (C=O) groups is 1. The highest BCUT2D eigenvalue weighted by Crippen LogP contribution is 2.28. The van der Waals surface area contributed by atoms with Gasteiger partial charge in [0, 0.05) is 5.56 Å². The molecule has 0 aliphatic rings. The van der Waals surface area contributed by atoms with Gasteiger partial charge in [-0.05, 0) is 6.92 Å². The maximum atomic E-state index is 13.6. The van der Waals surface area contributed by atoms with Crippen LogP contribution >= 0.6 is 11.8 Å². The average molecular weight is 429 g/mol. The number of rotatable bonds is 5. The number of aromatic nitrogens is 3. The van der Waals surface area contributed by atoms with Gasteiger partial charge in [0.1, 0.15) is 5.69 Å². The monoisotopic (exact) mass is 429 g/mol. The Morgan fingerprint density at radius 1 is 1.00 bits per heavy atom. The standard InChI is InChI=1S/C17H12F5N5OS/c1-7-2-4-8(5-3-7)16-25-26-17(27(16)23)29-6-9(28)24-15-13(21)11(19)10(18)12(20)14(15)22/h2-5H,6,23H2,1H3,(H,24,28). The number of hydrogen-bond acceptors (Lipinski definition) is 5. The fraction of sp³-hybridized carbons (Fsp3) is 0.118. The predicted octanol–water partition coefficient (Wildman–Crippen LogP) is 3.39.